The summed E-state index contributed by atoms with van der Waals surface area (Å²) in [4.78, 5) is 7.83. The summed E-state index contributed by atoms with van der Waals surface area (Å²) in [5, 5.41) is 5.44. The van der Waals surface area contributed by atoms with Crippen LogP contribution in [0.2, 0.25) is 0 Å². The second-order valence-electron chi connectivity index (χ2n) is 4.40. The molecular formula is C14H14N4S. The fourth-order valence-corrected chi connectivity index (χ4v) is 2.53. The number of hydrogen-bond donors (Lipinski definition) is 1. The molecule has 0 aliphatic rings. The Morgan fingerprint density at radius 2 is 2.00 bits per heavy atom. The smallest absolute Gasteiger partial charge is 0.141 e. The van der Waals surface area contributed by atoms with Crippen LogP contribution in [0.25, 0.3) is 22.4 Å². The molecule has 0 amide bonds. The van der Waals surface area contributed by atoms with Crippen LogP contribution >= 0.6 is 12.2 Å². The topological polar surface area (TPSA) is 46.5 Å². The van der Waals surface area contributed by atoms with Crippen molar-refractivity contribution in [3.05, 3.63) is 40.7 Å². The molecule has 1 aromatic carbocycles. The molecule has 3 rings (SSSR count). The first-order valence-corrected chi connectivity index (χ1v) is 6.63. The summed E-state index contributed by atoms with van der Waals surface area (Å²) in [6, 6.07) is 9.97. The summed E-state index contributed by atoms with van der Waals surface area (Å²) in [6.45, 7) is 2.07. The van der Waals surface area contributed by atoms with E-state index >= 15 is 0 Å². The zero-order valence-electron chi connectivity index (χ0n) is 10.8. The molecule has 0 unspecified atom stereocenters. The molecule has 0 spiro atoms. The summed E-state index contributed by atoms with van der Waals surface area (Å²) < 4.78 is 2.44. The molecule has 3 aromatic rings. The normalized spacial score (nSPS) is 11.1. The van der Waals surface area contributed by atoms with Gasteiger partial charge in [0.2, 0.25) is 0 Å². The van der Waals surface area contributed by atoms with Crippen molar-refractivity contribution in [1.29, 1.82) is 0 Å². The molecule has 0 radical (unpaired) electrons. The molecule has 5 heteroatoms. The number of hydrogen-bond acceptors (Lipinski definition) is 3. The van der Waals surface area contributed by atoms with Crippen LogP contribution < -0.4 is 0 Å². The Labute approximate surface area is 116 Å². The molecule has 0 saturated heterocycles. The number of nitrogens with one attached hydrogen (secondary N) is 1. The molecule has 0 bridgehead atoms. The van der Waals surface area contributed by atoms with Gasteiger partial charge in [0.25, 0.3) is 0 Å². The fourth-order valence-electron chi connectivity index (χ4n) is 2.23. The minimum Gasteiger partial charge on any atom is -0.324 e. The summed E-state index contributed by atoms with van der Waals surface area (Å²) in [5.41, 5.74) is 2.94. The van der Waals surface area contributed by atoms with Crippen LogP contribution in [0.1, 0.15) is 12.6 Å². The van der Waals surface area contributed by atoms with Gasteiger partial charge in [-0.2, -0.15) is 5.10 Å². The lowest BCUT2D eigenvalue weighted by Gasteiger charge is -2.02. The average Bonchev–Trinajstić information content (AvgIpc) is 2.77. The van der Waals surface area contributed by atoms with Crippen LogP contribution in [-0.2, 0) is 13.5 Å². The van der Waals surface area contributed by atoms with E-state index in [4.69, 9.17) is 12.2 Å². The Hall–Kier alpha value is -2.01. The van der Waals surface area contributed by atoms with Gasteiger partial charge in [-0.15, -0.1) is 0 Å². The highest BCUT2D eigenvalue weighted by Crippen LogP contribution is 2.21. The van der Waals surface area contributed by atoms with Gasteiger partial charge in [-0.1, -0.05) is 49.5 Å². The van der Waals surface area contributed by atoms with Crippen molar-refractivity contribution in [2.45, 2.75) is 13.3 Å². The Bertz CT molecular complexity index is 786. The van der Waals surface area contributed by atoms with Crippen molar-refractivity contribution in [2.24, 2.45) is 7.05 Å². The van der Waals surface area contributed by atoms with Crippen molar-refractivity contribution in [1.82, 2.24) is 19.7 Å². The van der Waals surface area contributed by atoms with E-state index in [9.17, 15) is 0 Å². The lowest BCUT2D eigenvalue weighted by molar-refractivity contribution is 0.761. The van der Waals surface area contributed by atoms with Gasteiger partial charge in [-0.05, 0) is 6.42 Å². The van der Waals surface area contributed by atoms with E-state index in [0.717, 1.165) is 34.5 Å². The first-order chi connectivity index (χ1) is 9.20. The maximum Gasteiger partial charge on any atom is 0.141 e. The summed E-state index contributed by atoms with van der Waals surface area (Å²) >= 11 is 5.42. The molecule has 19 heavy (non-hydrogen) atoms. The molecule has 4 nitrogen and oxygen atoms in total. The van der Waals surface area contributed by atoms with E-state index in [1.807, 2.05) is 42.1 Å². The Kier molecular flexibility index (Phi) is 2.91. The van der Waals surface area contributed by atoms with E-state index in [-0.39, 0.29) is 0 Å². The van der Waals surface area contributed by atoms with Gasteiger partial charge < -0.3 is 4.98 Å². The number of fused-ring (bicyclic) bond motifs is 1. The predicted molar refractivity (Wildman–Crippen MR) is 78.5 cm³/mol. The molecule has 0 aliphatic carbocycles. The highest BCUT2D eigenvalue weighted by atomic mass is 32.1. The lowest BCUT2D eigenvalue weighted by Crippen LogP contribution is -1.95. The van der Waals surface area contributed by atoms with Crippen molar-refractivity contribution in [2.75, 3.05) is 0 Å². The monoisotopic (exact) mass is 270 g/mol. The zero-order valence-corrected chi connectivity index (χ0v) is 11.7. The maximum absolute atomic E-state index is 5.42. The van der Waals surface area contributed by atoms with E-state index in [1.54, 1.807) is 0 Å². The van der Waals surface area contributed by atoms with Crippen LogP contribution in [0.15, 0.2) is 30.3 Å². The quantitative estimate of drug-likeness (QED) is 0.727. The van der Waals surface area contributed by atoms with Crippen molar-refractivity contribution in [3.63, 3.8) is 0 Å². The Morgan fingerprint density at radius 1 is 1.26 bits per heavy atom. The predicted octanol–water partition coefficient (Wildman–Crippen LogP) is 3.26. The molecule has 0 aliphatic heterocycles. The molecular weight excluding hydrogens is 256 g/mol. The lowest BCUT2D eigenvalue weighted by atomic mass is 10.2. The van der Waals surface area contributed by atoms with Crippen LogP contribution in [0.4, 0.5) is 0 Å². The minimum absolute atomic E-state index is 0.609. The van der Waals surface area contributed by atoms with E-state index in [2.05, 4.69) is 22.0 Å². The first kappa shape index (κ1) is 12.0. The first-order valence-electron chi connectivity index (χ1n) is 6.22. The largest absolute Gasteiger partial charge is 0.324 e. The van der Waals surface area contributed by atoms with E-state index in [0.29, 0.717) is 4.64 Å². The standard InChI is InChI=1S/C14H14N4S/c1-3-10-11-13(18(2)17-10)15-12(16-14(11)19)9-7-5-4-6-8-9/h4-8H,3H2,1-2H3,(H,15,16,19). The number of nitrogens with zero attached hydrogens (tertiary/aromatic N) is 3. The molecule has 2 heterocycles. The molecule has 0 atom stereocenters. The van der Waals surface area contributed by atoms with Gasteiger partial charge in [0, 0.05) is 12.6 Å². The zero-order chi connectivity index (χ0) is 13.4. The van der Waals surface area contributed by atoms with Gasteiger partial charge in [-0.25, -0.2) is 4.98 Å². The number of benzene rings is 1. The van der Waals surface area contributed by atoms with Gasteiger partial charge in [0.15, 0.2) is 0 Å². The molecule has 96 valence electrons. The minimum atomic E-state index is 0.609. The van der Waals surface area contributed by atoms with Gasteiger partial charge in [0.1, 0.15) is 16.1 Å². The molecule has 0 saturated carbocycles. The molecule has 0 fully saturated rings. The number of aryl methyl sites for hydroxylation is 2. The van der Waals surface area contributed by atoms with Gasteiger partial charge >= 0.3 is 0 Å². The number of H-pyrrole nitrogens is 1. The van der Waals surface area contributed by atoms with Crippen LogP contribution in [-0.4, -0.2) is 19.7 Å². The van der Waals surface area contributed by atoms with Crippen molar-refractivity contribution in [3.8, 4) is 11.4 Å². The van der Waals surface area contributed by atoms with Gasteiger partial charge in [0.05, 0.1) is 11.1 Å². The van der Waals surface area contributed by atoms with Crippen LogP contribution in [0.5, 0.6) is 0 Å². The SMILES string of the molecule is CCc1nn(C)c2[nH]c(-c3ccccc3)nc(=S)c12. The summed E-state index contributed by atoms with van der Waals surface area (Å²) in [6.07, 6.45) is 0.848. The summed E-state index contributed by atoms with van der Waals surface area (Å²) in [7, 11) is 1.92. The fraction of sp³-hybridized carbons (Fsp3) is 0.214. The second kappa shape index (κ2) is 4.59. The number of rotatable bonds is 2. The average molecular weight is 270 g/mol. The highest BCUT2D eigenvalue weighted by molar-refractivity contribution is 7.71. The van der Waals surface area contributed by atoms with Gasteiger partial charge in [-0.3, -0.25) is 4.68 Å². The maximum atomic E-state index is 5.42. The van der Waals surface area contributed by atoms with Crippen LogP contribution in [0.3, 0.4) is 0 Å². The molecule has 1 N–H and O–H groups in total. The number of aromatic amines is 1. The summed E-state index contributed by atoms with van der Waals surface area (Å²) in [5.74, 6) is 0.781. The Morgan fingerprint density at radius 3 is 2.68 bits per heavy atom. The third-order valence-electron chi connectivity index (χ3n) is 3.17. The third kappa shape index (κ3) is 1.96. The molecule has 2 aromatic heterocycles. The van der Waals surface area contributed by atoms with E-state index in [1.165, 1.54) is 0 Å². The van der Waals surface area contributed by atoms with Crippen molar-refractivity contribution >= 4 is 23.3 Å². The van der Waals surface area contributed by atoms with Crippen LogP contribution in [0, 0.1) is 4.64 Å². The Balaban J connectivity index is 2.32. The number of aromatic nitrogens is 4. The second-order valence-corrected chi connectivity index (χ2v) is 4.79. The third-order valence-corrected chi connectivity index (χ3v) is 3.46. The highest BCUT2D eigenvalue weighted by Gasteiger charge is 2.12. The van der Waals surface area contributed by atoms with Crippen molar-refractivity contribution < 1.29 is 0 Å². The van der Waals surface area contributed by atoms with E-state index < -0.39 is 0 Å².